The number of hydrogen-bond acceptors (Lipinski definition) is 4. The summed E-state index contributed by atoms with van der Waals surface area (Å²) in [4.78, 5) is 18.2. The van der Waals surface area contributed by atoms with Crippen molar-refractivity contribution >= 4 is 11.9 Å². The third-order valence-corrected chi connectivity index (χ3v) is 4.02. The largest absolute Gasteiger partial charge is 0.469 e. The van der Waals surface area contributed by atoms with Gasteiger partial charge < -0.3 is 19.7 Å². The van der Waals surface area contributed by atoms with Crippen LogP contribution in [0.2, 0.25) is 0 Å². The summed E-state index contributed by atoms with van der Waals surface area (Å²) in [5.74, 6) is 0.936. The minimum Gasteiger partial charge on any atom is -0.469 e. The highest BCUT2D eigenvalue weighted by atomic mass is 16.5. The van der Waals surface area contributed by atoms with E-state index in [4.69, 9.17) is 9.47 Å². The number of guanidine groups is 1. The minimum atomic E-state index is -0.130. The third kappa shape index (κ3) is 5.83. The molecule has 22 heavy (non-hydrogen) atoms. The molecule has 0 amide bonds. The Morgan fingerprint density at radius 3 is 2.68 bits per heavy atom. The third-order valence-electron chi connectivity index (χ3n) is 4.02. The molecule has 1 saturated heterocycles. The molecule has 0 spiro atoms. The number of methoxy groups -OCH3 is 1. The standard InChI is InChI=1S/C16H31N3O3/c1-5-6-9-22-10-7-8-18-16(17-3)19-11-13(2)14(12-19)15(20)21-4/h13-14H,5-12H2,1-4H3,(H,17,18). The summed E-state index contributed by atoms with van der Waals surface area (Å²) < 4.78 is 10.4. The van der Waals surface area contributed by atoms with E-state index in [2.05, 4.69) is 29.1 Å². The molecule has 1 N–H and O–H groups in total. The fraction of sp³-hybridized carbons (Fsp3) is 0.875. The molecule has 1 fully saturated rings. The second-order valence-electron chi connectivity index (χ2n) is 5.81. The summed E-state index contributed by atoms with van der Waals surface area (Å²) in [6.45, 7) is 8.17. The Hall–Kier alpha value is -1.30. The predicted octanol–water partition coefficient (Wildman–Crippen LogP) is 1.51. The molecule has 1 aliphatic rings. The van der Waals surface area contributed by atoms with Gasteiger partial charge in [-0.15, -0.1) is 0 Å². The molecule has 2 unspecified atom stereocenters. The number of aliphatic imine (C=N–C) groups is 1. The number of carbonyl (C=O) groups is 1. The maximum atomic E-state index is 11.7. The second kappa shape index (κ2) is 10.4. The van der Waals surface area contributed by atoms with Crippen LogP contribution in [0.5, 0.6) is 0 Å². The summed E-state index contributed by atoms with van der Waals surface area (Å²) >= 11 is 0. The zero-order valence-electron chi connectivity index (χ0n) is 14.4. The van der Waals surface area contributed by atoms with Crippen LogP contribution in [0.15, 0.2) is 4.99 Å². The first-order chi connectivity index (χ1) is 10.6. The van der Waals surface area contributed by atoms with Crippen molar-refractivity contribution in [1.82, 2.24) is 10.2 Å². The molecule has 0 aromatic carbocycles. The van der Waals surface area contributed by atoms with Gasteiger partial charge in [-0.2, -0.15) is 0 Å². The van der Waals surface area contributed by atoms with E-state index < -0.39 is 0 Å². The van der Waals surface area contributed by atoms with Crippen LogP contribution in [0.1, 0.15) is 33.1 Å². The molecule has 0 bridgehead atoms. The highest BCUT2D eigenvalue weighted by Gasteiger charge is 2.36. The van der Waals surface area contributed by atoms with Crippen LogP contribution >= 0.6 is 0 Å². The zero-order chi connectivity index (χ0) is 16.4. The lowest BCUT2D eigenvalue weighted by Gasteiger charge is -2.21. The maximum Gasteiger partial charge on any atom is 0.310 e. The van der Waals surface area contributed by atoms with Crippen LogP contribution in [0, 0.1) is 11.8 Å². The number of nitrogens with one attached hydrogen (secondary N) is 1. The Kier molecular flexibility index (Phi) is 8.89. The lowest BCUT2D eigenvalue weighted by Crippen LogP contribution is -2.41. The average molecular weight is 313 g/mol. The van der Waals surface area contributed by atoms with Crippen molar-refractivity contribution in [1.29, 1.82) is 0 Å². The fourth-order valence-electron chi connectivity index (χ4n) is 2.65. The van der Waals surface area contributed by atoms with Crippen molar-refractivity contribution in [2.75, 3.05) is 47.0 Å². The molecule has 128 valence electrons. The number of rotatable bonds is 8. The molecule has 1 rings (SSSR count). The number of esters is 1. The Balaban J connectivity index is 2.29. The van der Waals surface area contributed by atoms with Crippen molar-refractivity contribution < 1.29 is 14.3 Å². The maximum absolute atomic E-state index is 11.7. The van der Waals surface area contributed by atoms with Gasteiger partial charge in [-0.25, -0.2) is 0 Å². The van der Waals surface area contributed by atoms with Gasteiger partial charge in [-0.05, 0) is 18.8 Å². The van der Waals surface area contributed by atoms with E-state index in [-0.39, 0.29) is 17.8 Å². The Bertz CT molecular complexity index is 361. The van der Waals surface area contributed by atoms with E-state index in [0.29, 0.717) is 6.54 Å². The Morgan fingerprint density at radius 2 is 2.05 bits per heavy atom. The molecule has 6 heteroatoms. The predicted molar refractivity (Wildman–Crippen MR) is 87.9 cm³/mol. The van der Waals surface area contributed by atoms with E-state index in [1.807, 2.05) is 0 Å². The van der Waals surface area contributed by atoms with E-state index >= 15 is 0 Å². The van der Waals surface area contributed by atoms with E-state index in [1.54, 1.807) is 7.05 Å². The van der Waals surface area contributed by atoms with Crippen LogP contribution < -0.4 is 5.32 Å². The van der Waals surface area contributed by atoms with E-state index in [1.165, 1.54) is 13.5 Å². The molecule has 0 aliphatic carbocycles. The first-order valence-corrected chi connectivity index (χ1v) is 8.25. The Morgan fingerprint density at radius 1 is 1.32 bits per heavy atom. The number of carbonyl (C=O) groups excluding carboxylic acids is 1. The van der Waals surface area contributed by atoms with Gasteiger partial charge in [0, 0.05) is 39.9 Å². The van der Waals surface area contributed by atoms with Gasteiger partial charge >= 0.3 is 5.97 Å². The summed E-state index contributed by atoms with van der Waals surface area (Å²) in [6.07, 6.45) is 3.24. The highest BCUT2D eigenvalue weighted by Crippen LogP contribution is 2.23. The van der Waals surface area contributed by atoms with Crippen molar-refractivity contribution in [3.8, 4) is 0 Å². The molecule has 1 heterocycles. The van der Waals surface area contributed by atoms with Gasteiger partial charge in [0.1, 0.15) is 0 Å². The summed E-state index contributed by atoms with van der Waals surface area (Å²) in [7, 11) is 3.22. The van der Waals surface area contributed by atoms with Crippen LogP contribution in [0.3, 0.4) is 0 Å². The van der Waals surface area contributed by atoms with Crippen LogP contribution in [0.25, 0.3) is 0 Å². The molecule has 0 radical (unpaired) electrons. The molecule has 1 aliphatic heterocycles. The normalized spacial score (nSPS) is 22.0. The molecule has 2 atom stereocenters. The van der Waals surface area contributed by atoms with Crippen molar-refractivity contribution in [3.05, 3.63) is 0 Å². The van der Waals surface area contributed by atoms with Crippen molar-refractivity contribution in [2.45, 2.75) is 33.1 Å². The highest BCUT2D eigenvalue weighted by molar-refractivity contribution is 5.82. The van der Waals surface area contributed by atoms with Gasteiger partial charge in [0.15, 0.2) is 5.96 Å². The monoisotopic (exact) mass is 313 g/mol. The van der Waals surface area contributed by atoms with E-state index in [9.17, 15) is 4.79 Å². The second-order valence-corrected chi connectivity index (χ2v) is 5.81. The van der Waals surface area contributed by atoms with Crippen LogP contribution in [0.4, 0.5) is 0 Å². The smallest absolute Gasteiger partial charge is 0.310 e. The van der Waals surface area contributed by atoms with Crippen molar-refractivity contribution in [3.63, 3.8) is 0 Å². The SMILES string of the molecule is CCCCOCCCNC(=NC)N1CC(C)C(C(=O)OC)C1. The first kappa shape index (κ1) is 18.7. The summed E-state index contributed by atoms with van der Waals surface area (Å²) in [5, 5.41) is 3.34. The van der Waals surface area contributed by atoms with Gasteiger partial charge in [-0.1, -0.05) is 20.3 Å². The number of likely N-dealkylation sites (tertiary alicyclic amines) is 1. The van der Waals surface area contributed by atoms with Gasteiger partial charge in [-0.3, -0.25) is 9.79 Å². The number of unbranched alkanes of at least 4 members (excludes halogenated alkanes) is 1. The zero-order valence-corrected chi connectivity index (χ0v) is 14.4. The molecule has 6 nitrogen and oxygen atoms in total. The number of nitrogens with zero attached hydrogens (tertiary/aromatic N) is 2. The summed E-state index contributed by atoms with van der Waals surface area (Å²) in [6, 6.07) is 0. The van der Waals surface area contributed by atoms with Crippen molar-refractivity contribution in [2.24, 2.45) is 16.8 Å². The van der Waals surface area contributed by atoms with Gasteiger partial charge in [0.25, 0.3) is 0 Å². The topological polar surface area (TPSA) is 63.2 Å². The van der Waals surface area contributed by atoms with Gasteiger partial charge in [0.2, 0.25) is 0 Å². The lowest BCUT2D eigenvalue weighted by molar-refractivity contribution is -0.145. The summed E-state index contributed by atoms with van der Waals surface area (Å²) in [5.41, 5.74) is 0. The molecule has 0 aromatic heterocycles. The Labute approximate surface area is 134 Å². The molecule has 0 aromatic rings. The molecular formula is C16H31N3O3. The average Bonchev–Trinajstić information content (AvgIpc) is 2.91. The van der Waals surface area contributed by atoms with E-state index in [0.717, 1.165) is 45.1 Å². The first-order valence-electron chi connectivity index (χ1n) is 8.25. The van der Waals surface area contributed by atoms with Crippen LogP contribution in [-0.2, 0) is 14.3 Å². The number of hydrogen-bond donors (Lipinski definition) is 1. The number of ether oxygens (including phenoxy) is 2. The van der Waals surface area contributed by atoms with Crippen LogP contribution in [-0.4, -0.2) is 63.8 Å². The minimum absolute atomic E-state index is 0.0686. The molecular weight excluding hydrogens is 282 g/mol. The lowest BCUT2D eigenvalue weighted by atomic mass is 9.99. The van der Waals surface area contributed by atoms with Gasteiger partial charge in [0.05, 0.1) is 13.0 Å². The quantitative estimate of drug-likeness (QED) is 0.318. The molecule has 0 saturated carbocycles. The fourth-order valence-corrected chi connectivity index (χ4v) is 2.65.